The van der Waals surface area contributed by atoms with Crippen LogP contribution in [0.3, 0.4) is 0 Å². The number of halogens is 3. The highest BCUT2D eigenvalue weighted by atomic mass is 19.4. The Bertz CT molecular complexity index is 2140. The number of anilines is 1. The summed E-state index contributed by atoms with van der Waals surface area (Å²) in [6.45, 7) is 0.402. The highest BCUT2D eigenvalue weighted by Gasteiger charge is 2.30. The fourth-order valence-electron chi connectivity index (χ4n) is 5.84. The zero-order chi connectivity index (χ0) is 35.3. The zero-order valence-electron chi connectivity index (χ0n) is 27.0. The molecule has 0 spiro atoms. The number of rotatable bonds is 10. The van der Waals surface area contributed by atoms with Crippen LogP contribution in [0.25, 0.3) is 22.0 Å². The lowest BCUT2D eigenvalue weighted by Gasteiger charge is -2.19. The summed E-state index contributed by atoms with van der Waals surface area (Å²) in [5.74, 6) is -1.23. The lowest BCUT2D eigenvalue weighted by atomic mass is 9.98. The van der Waals surface area contributed by atoms with Gasteiger partial charge < -0.3 is 20.5 Å². The first-order valence-electron chi connectivity index (χ1n) is 15.9. The molecule has 1 unspecified atom stereocenters. The van der Waals surface area contributed by atoms with E-state index < -0.39 is 29.6 Å². The molecule has 252 valence electrons. The molecule has 0 fully saturated rings. The van der Waals surface area contributed by atoms with Crippen molar-refractivity contribution in [1.29, 1.82) is 0 Å². The number of carbonyl (C=O) groups is 3. The highest BCUT2D eigenvalue weighted by molar-refractivity contribution is 6.09. The molecule has 10 heteroatoms. The lowest BCUT2D eigenvalue weighted by Crippen LogP contribution is -2.41. The number of nitrogens with zero attached hydrogens (tertiary/aromatic N) is 1. The summed E-state index contributed by atoms with van der Waals surface area (Å²) in [4.78, 5) is 40.5. The topological polar surface area (TPSA) is 92.2 Å². The molecule has 0 radical (unpaired) electrons. The third-order valence-corrected chi connectivity index (χ3v) is 8.45. The predicted molar refractivity (Wildman–Crippen MR) is 188 cm³/mol. The molecule has 3 amide bonds. The number of aromatic nitrogens is 1. The van der Waals surface area contributed by atoms with E-state index in [1.165, 1.54) is 12.1 Å². The van der Waals surface area contributed by atoms with Gasteiger partial charge >= 0.3 is 6.18 Å². The van der Waals surface area contributed by atoms with E-state index in [9.17, 15) is 27.6 Å². The monoisotopic (exact) mass is 674 g/mol. The van der Waals surface area contributed by atoms with E-state index in [4.69, 9.17) is 0 Å². The highest BCUT2D eigenvalue weighted by Crippen LogP contribution is 2.32. The summed E-state index contributed by atoms with van der Waals surface area (Å²) < 4.78 is 41.0. The van der Waals surface area contributed by atoms with E-state index in [0.29, 0.717) is 46.4 Å². The van der Waals surface area contributed by atoms with E-state index >= 15 is 0 Å². The minimum absolute atomic E-state index is 0.287. The van der Waals surface area contributed by atoms with Crippen LogP contribution in [0.2, 0.25) is 0 Å². The standard InChI is InChI=1S/C40H33F3N4O3/c1-47-34-21-20-31(45-37(48)33-15-9-8-14-32(33)27-16-18-30(19-17-27)40(41,42)43)24-29(34)25-35(47)38(49)46-36(28-12-6-3-7-13-28)39(50)44-23-22-26-10-4-2-5-11-26/h2-21,24-25,36H,22-23H2,1H3,(H,44,50)(H,45,48)(H,46,49). The van der Waals surface area contributed by atoms with Gasteiger partial charge in [-0.15, -0.1) is 0 Å². The normalized spacial score (nSPS) is 11.9. The quantitative estimate of drug-likeness (QED) is 0.138. The van der Waals surface area contributed by atoms with Crippen LogP contribution >= 0.6 is 0 Å². The Morgan fingerprint density at radius 2 is 1.40 bits per heavy atom. The molecule has 7 nitrogen and oxygen atoms in total. The molecule has 1 aromatic heterocycles. The van der Waals surface area contributed by atoms with Gasteiger partial charge in [0.25, 0.3) is 11.8 Å². The Labute approximate surface area is 286 Å². The summed E-state index contributed by atoms with van der Waals surface area (Å²) in [7, 11) is 1.74. The maximum Gasteiger partial charge on any atom is 0.416 e. The first-order valence-corrected chi connectivity index (χ1v) is 15.9. The number of hydrogen-bond acceptors (Lipinski definition) is 3. The number of benzene rings is 5. The van der Waals surface area contributed by atoms with E-state index in [2.05, 4.69) is 16.0 Å². The molecule has 3 N–H and O–H groups in total. The van der Waals surface area contributed by atoms with Gasteiger partial charge in [-0.25, -0.2) is 0 Å². The molecule has 6 rings (SSSR count). The Morgan fingerprint density at radius 3 is 2.10 bits per heavy atom. The lowest BCUT2D eigenvalue weighted by molar-refractivity contribution is -0.137. The summed E-state index contributed by atoms with van der Waals surface area (Å²) in [6.07, 6.45) is -3.82. The largest absolute Gasteiger partial charge is 0.416 e. The summed E-state index contributed by atoms with van der Waals surface area (Å²) in [5, 5.41) is 9.39. The molecule has 0 aliphatic rings. The van der Waals surface area contributed by atoms with Crippen molar-refractivity contribution in [2.45, 2.75) is 18.6 Å². The van der Waals surface area contributed by atoms with E-state index in [0.717, 1.165) is 23.2 Å². The van der Waals surface area contributed by atoms with Gasteiger partial charge in [0.2, 0.25) is 5.91 Å². The maximum atomic E-state index is 13.7. The number of amides is 3. The van der Waals surface area contributed by atoms with Crippen LogP contribution in [0.5, 0.6) is 0 Å². The molecule has 1 heterocycles. The Morgan fingerprint density at radius 1 is 0.740 bits per heavy atom. The maximum absolute atomic E-state index is 13.7. The van der Waals surface area contributed by atoms with Crippen LogP contribution in [-0.4, -0.2) is 28.8 Å². The third kappa shape index (κ3) is 7.60. The van der Waals surface area contributed by atoms with Crippen LogP contribution in [-0.2, 0) is 24.4 Å². The van der Waals surface area contributed by atoms with Gasteiger partial charge in [0.15, 0.2) is 0 Å². The zero-order valence-corrected chi connectivity index (χ0v) is 27.0. The molecule has 0 aliphatic carbocycles. The molecule has 0 aliphatic heterocycles. The molecular formula is C40H33F3N4O3. The van der Waals surface area contributed by atoms with Gasteiger partial charge in [-0.2, -0.15) is 13.2 Å². The number of hydrogen-bond donors (Lipinski definition) is 3. The van der Waals surface area contributed by atoms with Gasteiger partial charge in [-0.3, -0.25) is 14.4 Å². The van der Waals surface area contributed by atoms with Crippen LogP contribution in [0, 0.1) is 0 Å². The smallest absolute Gasteiger partial charge is 0.354 e. The Kier molecular flexibility index (Phi) is 9.80. The van der Waals surface area contributed by atoms with Gasteiger partial charge in [0.1, 0.15) is 11.7 Å². The van der Waals surface area contributed by atoms with Crippen molar-refractivity contribution in [1.82, 2.24) is 15.2 Å². The minimum Gasteiger partial charge on any atom is -0.354 e. The molecule has 6 aromatic rings. The number of alkyl halides is 3. The second-order valence-electron chi connectivity index (χ2n) is 11.8. The van der Waals surface area contributed by atoms with Crippen molar-refractivity contribution in [2.75, 3.05) is 11.9 Å². The molecule has 0 saturated heterocycles. The van der Waals surface area contributed by atoms with E-state index in [-0.39, 0.29) is 11.5 Å². The van der Waals surface area contributed by atoms with Crippen LogP contribution < -0.4 is 16.0 Å². The average molecular weight is 675 g/mol. The summed E-state index contributed by atoms with van der Waals surface area (Å²) in [6, 6.07) is 36.1. The van der Waals surface area contributed by atoms with Gasteiger partial charge in [0.05, 0.1) is 5.56 Å². The van der Waals surface area contributed by atoms with Crippen molar-refractivity contribution >= 4 is 34.3 Å². The molecule has 1 atom stereocenters. The second-order valence-corrected chi connectivity index (χ2v) is 11.8. The van der Waals surface area contributed by atoms with Crippen molar-refractivity contribution in [3.8, 4) is 11.1 Å². The molecule has 0 saturated carbocycles. The van der Waals surface area contributed by atoms with E-state index in [1.807, 2.05) is 36.4 Å². The van der Waals surface area contributed by atoms with Crippen molar-refractivity contribution < 1.29 is 27.6 Å². The van der Waals surface area contributed by atoms with Crippen molar-refractivity contribution in [2.24, 2.45) is 7.05 Å². The number of carbonyl (C=O) groups excluding carboxylic acids is 3. The first-order chi connectivity index (χ1) is 24.1. The summed E-state index contributed by atoms with van der Waals surface area (Å²) >= 11 is 0. The van der Waals surface area contributed by atoms with Crippen molar-refractivity contribution in [3.05, 3.63) is 161 Å². The Hall–Kier alpha value is -6.16. The first kappa shape index (κ1) is 33.7. The number of fused-ring (bicyclic) bond motifs is 1. The predicted octanol–water partition coefficient (Wildman–Crippen LogP) is 7.95. The second kappa shape index (κ2) is 14.5. The van der Waals surface area contributed by atoms with E-state index in [1.54, 1.807) is 84.4 Å². The number of nitrogens with one attached hydrogen (secondary N) is 3. The van der Waals surface area contributed by atoms with Crippen LogP contribution in [0.15, 0.2) is 133 Å². The van der Waals surface area contributed by atoms with Crippen molar-refractivity contribution in [3.63, 3.8) is 0 Å². The fourth-order valence-corrected chi connectivity index (χ4v) is 5.84. The SMILES string of the molecule is Cn1c(C(=O)NC(C(=O)NCCc2ccccc2)c2ccccc2)cc2cc(NC(=O)c3ccccc3-c3ccc(C(F)(F)F)cc3)ccc21. The summed E-state index contributed by atoms with van der Waals surface area (Å²) in [5.41, 5.74) is 3.69. The van der Waals surface area contributed by atoms with Crippen LogP contribution in [0.4, 0.5) is 18.9 Å². The van der Waals surface area contributed by atoms with Gasteiger partial charge in [0, 0.05) is 35.7 Å². The fraction of sp³-hybridized carbons (Fsp3) is 0.125. The molecule has 5 aromatic carbocycles. The van der Waals surface area contributed by atoms with Crippen LogP contribution in [0.1, 0.15) is 43.6 Å². The third-order valence-electron chi connectivity index (χ3n) is 8.45. The van der Waals surface area contributed by atoms with Gasteiger partial charge in [-0.05, 0) is 71.1 Å². The number of aryl methyl sites for hydroxylation is 1. The molecule has 50 heavy (non-hydrogen) atoms. The average Bonchev–Trinajstić information content (AvgIpc) is 3.46. The minimum atomic E-state index is -4.47. The molecular weight excluding hydrogens is 641 g/mol. The van der Waals surface area contributed by atoms with Gasteiger partial charge in [-0.1, -0.05) is 91.0 Å². The molecule has 0 bridgehead atoms. The Balaban J connectivity index is 1.19.